The maximum Gasteiger partial charge on any atom is 0.341 e. The number of esters is 8. The summed E-state index contributed by atoms with van der Waals surface area (Å²) in [5.41, 5.74) is 3.68. The lowest BCUT2D eigenvalue weighted by Crippen LogP contribution is -2.37. The summed E-state index contributed by atoms with van der Waals surface area (Å²) >= 11 is 0. The summed E-state index contributed by atoms with van der Waals surface area (Å²) in [5, 5.41) is 0. The first kappa shape index (κ1) is 83.8. The third-order valence-corrected chi connectivity index (χ3v) is 19.5. The quantitative estimate of drug-likeness (QED) is 0.0472. The second-order valence-electron chi connectivity index (χ2n) is 29.6. The van der Waals surface area contributed by atoms with Crippen LogP contribution in [0, 0.1) is 29.1 Å². The number of rotatable bonds is 17. The van der Waals surface area contributed by atoms with Crippen LogP contribution in [-0.4, -0.2) is 90.2 Å². The molecule has 6 atom stereocenters. The van der Waals surface area contributed by atoms with E-state index >= 15 is 0 Å². The Morgan fingerprint density at radius 2 is 1.09 bits per heavy atom. The Bertz CT molecular complexity index is 3130. The summed E-state index contributed by atoms with van der Waals surface area (Å²) < 4.78 is 48.2. The van der Waals surface area contributed by atoms with Crippen LogP contribution in [0.15, 0.2) is 134 Å². The standard InChI is InChI=1S/C16H20O2.C14H20O2.C12H14O4.2C12H20O2.C11H18O2.C5H4O3/c1-13(2)15(17)18-16(11-7-4-8-12-16)14-9-5-3-6-10-14;1-6-11-7-9-12(10-8-11)16-13(15-5)14(2,3)4;1-5(2)11(13)15-9-6-3-7-8(4-6)12(14)16-10(7)9;1-9(2)11(13)14-12(10(3)4)7-5-6-8-12;1-4-12(8-6-5-7-9-12)14-11(13)10(2)3;1-9(2)10(12)13-11(3)7-5-4-6-8-11;1-3-2-4(6)8-5(3)7/h3,5-6,9-10H,1,4,7-8,11-12H2,2H3;6-10,13H,1H2,2-5H3;6-10H,1,3-4H2,2H3;10H,1,5-8H2,2-4H3;2,4-9H2,1,3H3;1,4-8H2,2-3H3;1-2H2. The highest BCUT2D eigenvalue weighted by Crippen LogP contribution is 2.55. The maximum absolute atomic E-state index is 11.9. The average molecular weight is 1370 g/mol. The van der Waals surface area contributed by atoms with Crippen molar-refractivity contribution in [3.63, 3.8) is 0 Å². The molecule has 2 aromatic carbocycles. The number of cyclic esters (lactones) is 2. The zero-order valence-electron chi connectivity index (χ0n) is 62.0. The Hall–Kier alpha value is -7.66. The van der Waals surface area contributed by atoms with E-state index in [1.807, 2.05) is 49.4 Å². The fourth-order valence-electron chi connectivity index (χ4n) is 13.5. The third kappa shape index (κ3) is 25.5. The van der Waals surface area contributed by atoms with Crippen molar-refractivity contribution in [1.29, 1.82) is 0 Å². The van der Waals surface area contributed by atoms with Crippen molar-refractivity contribution in [2.75, 3.05) is 7.11 Å². The largest absolute Gasteiger partial charge is 0.464 e. The lowest BCUT2D eigenvalue weighted by molar-refractivity contribution is -0.160. The van der Waals surface area contributed by atoms with Gasteiger partial charge in [-0.25, -0.2) is 28.8 Å². The van der Waals surface area contributed by atoms with Crippen LogP contribution in [0.1, 0.15) is 242 Å². The highest BCUT2D eigenvalue weighted by atomic mass is 16.7. The molecule has 2 aliphatic heterocycles. The van der Waals surface area contributed by atoms with Gasteiger partial charge in [-0.05, 0) is 193 Å². The van der Waals surface area contributed by atoms with Crippen LogP contribution < -0.4 is 4.74 Å². The minimum absolute atomic E-state index is 0.0497. The lowest BCUT2D eigenvalue weighted by Gasteiger charge is -2.37. The van der Waals surface area contributed by atoms with Crippen molar-refractivity contribution in [3.05, 3.63) is 145 Å². The van der Waals surface area contributed by atoms with Gasteiger partial charge in [0.25, 0.3) is 0 Å². The van der Waals surface area contributed by atoms with Gasteiger partial charge in [-0.3, -0.25) is 9.59 Å². The van der Waals surface area contributed by atoms with Gasteiger partial charge in [-0.1, -0.05) is 155 Å². The van der Waals surface area contributed by atoms with Crippen molar-refractivity contribution < 1.29 is 81.0 Å². The van der Waals surface area contributed by atoms with Crippen molar-refractivity contribution >= 4 is 53.8 Å². The van der Waals surface area contributed by atoms with Crippen LogP contribution in [0.5, 0.6) is 5.75 Å². The van der Waals surface area contributed by atoms with E-state index in [1.165, 1.54) is 57.8 Å². The van der Waals surface area contributed by atoms with Gasteiger partial charge in [0, 0.05) is 57.8 Å². The molecule has 8 fully saturated rings. The fourth-order valence-corrected chi connectivity index (χ4v) is 13.5. The molecule has 2 aromatic rings. The van der Waals surface area contributed by atoms with Gasteiger partial charge in [0.15, 0.2) is 0 Å². The topological polar surface area (TPSA) is 220 Å². The van der Waals surface area contributed by atoms with E-state index in [4.69, 9.17) is 37.9 Å². The molecule has 2 saturated heterocycles. The Morgan fingerprint density at radius 3 is 1.53 bits per heavy atom. The molecule has 2 heterocycles. The van der Waals surface area contributed by atoms with E-state index in [1.54, 1.807) is 47.8 Å². The van der Waals surface area contributed by atoms with E-state index in [2.05, 4.69) is 104 Å². The van der Waals surface area contributed by atoms with Crippen LogP contribution in [0.3, 0.4) is 0 Å². The molecule has 99 heavy (non-hydrogen) atoms. The first-order valence-electron chi connectivity index (χ1n) is 35.5. The molecule has 0 aromatic heterocycles. The number of hydrogen-bond acceptors (Lipinski definition) is 17. The smallest absolute Gasteiger partial charge is 0.341 e. The van der Waals surface area contributed by atoms with Gasteiger partial charge in [-0.2, -0.15) is 0 Å². The second kappa shape index (κ2) is 38.8. The zero-order valence-corrected chi connectivity index (χ0v) is 62.0. The first-order valence-corrected chi connectivity index (χ1v) is 35.5. The molecule has 17 heteroatoms. The second-order valence-corrected chi connectivity index (χ2v) is 29.6. The molecule has 10 rings (SSSR count). The summed E-state index contributed by atoms with van der Waals surface area (Å²) in [6.07, 6.45) is 24.7. The van der Waals surface area contributed by atoms with Crippen molar-refractivity contribution in [3.8, 4) is 5.75 Å². The van der Waals surface area contributed by atoms with E-state index < -0.39 is 17.5 Å². The SMILES string of the molecule is C=C(C)C(=O)OC1(C(C)C)CCCC1.C=C(C)C(=O)OC1(C)CCCCC1.C=C(C)C(=O)OC1(CC)CCCCC1.C=C(C)C(=O)OC1(c2ccccc2)CCCCC1.C=C(C)C(=O)OC1C2CC3C(=O)OC1C3C2.C=C1CC(=O)OC1=O.C=Cc1ccc(OC(OC)C(C)(C)C)cc1. The highest BCUT2D eigenvalue weighted by Gasteiger charge is 2.63. The summed E-state index contributed by atoms with van der Waals surface area (Å²) in [7, 11) is 1.66. The van der Waals surface area contributed by atoms with Crippen molar-refractivity contribution in [2.45, 2.75) is 272 Å². The van der Waals surface area contributed by atoms with Crippen molar-refractivity contribution in [1.82, 2.24) is 0 Å². The fraction of sp³-hybridized carbons (Fsp3) is 0.585. The molecule has 0 spiro atoms. The van der Waals surface area contributed by atoms with Crippen LogP contribution in [0.25, 0.3) is 6.08 Å². The summed E-state index contributed by atoms with van der Waals surface area (Å²) in [4.78, 5) is 89.5. The number of hydrogen-bond donors (Lipinski definition) is 0. The first-order chi connectivity index (χ1) is 46.5. The average Bonchev–Trinajstić information content (AvgIpc) is 1.58. The van der Waals surface area contributed by atoms with E-state index in [9.17, 15) is 38.4 Å². The molecule has 6 aliphatic carbocycles. The molecule has 0 radical (unpaired) electrons. The van der Waals surface area contributed by atoms with Gasteiger partial charge in [0.2, 0.25) is 6.29 Å². The number of carbonyl (C=O) groups is 8. The highest BCUT2D eigenvalue weighted by molar-refractivity contribution is 6.05. The zero-order chi connectivity index (χ0) is 74.1. The van der Waals surface area contributed by atoms with E-state index in [0.29, 0.717) is 39.7 Å². The van der Waals surface area contributed by atoms with Crippen LogP contribution >= 0.6 is 0 Å². The number of fused-ring (bicyclic) bond motifs is 1. The van der Waals surface area contributed by atoms with E-state index in [-0.39, 0.29) is 100 Å². The van der Waals surface area contributed by atoms with Gasteiger partial charge in [0.1, 0.15) is 40.4 Å². The summed E-state index contributed by atoms with van der Waals surface area (Å²) in [6.45, 7) is 48.0. The molecule has 8 aliphatic rings. The number of carbonyl (C=O) groups excluding carboxylic acids is 8. The van der Waals surface area contributed by atoms with Gasteiger partial charge in [0.05, 0.1) is 12.3 Å². The monoisotopic (exact) mass is 1370 g/mol. The van der Waals surface area contributed by atoms with Crippen LogP contribution in [0.2, 0.25) is 0 Å². The van der Waals surface area contributed by atoms with E-state index in [0.717, 1.165) is 100 Å². The molecule has 17 nitrogen and oxygen atoms in total. The molecule has 6 saturated carbocycles. The predicted octanol–water partition coefficient (Wildman–Crippen LogP) is 17.9. The van der Waals surface area contributed by atoms with Crippen LogP contribution in [-0.2, 0) is 81.9 Å². The summed E-state index contributed by atoms with van der Waals surface area (Å²) in [6, 6.07) is 17.9. The Morgan fingerprint density at radius 1 is 0.616 bits per heavy atom. The predicted molar refractivity (Wildman–Crippen MR) is 385 cm³/mol. The molecule has 0 amide bonds. The normalized spacial score (nSPS) is 22.3. The van der Waals surface area contributed by atoms with Gasteiger partial charge >= 0.3 is 47.8 Å². The van der Waals surface area contributed by atoms with Crippen LogP contribution in [0.4, 0.5) is 0 Å². The third-order valence-electron chi connectivity index (χ3n) is 19.5. The Kier molecular flexibility index (Phi) is 32.8. The number of ether oxygens (including phenoxy) is 9. The molecular weight excluding hydrogens is 1260 g/mol. The maximum atomic E-state index is 11.9. The molecule has 546 valence electrons. The minimum Gasteiger partial charge on any atom is -0.464 e. The molecular formula is C82H116O17. The Labute approximate surface area is 591 Å². The Balaban J connectivity index is 0.000000247. The van der Waals surface area contributed by atoms with Gasteiger partial charge in [-0.15, -0.1) is 0 Å². The molecule has 2 bridgehead atoms. The molecule has 0 N–H and O–H groups in total. The molecule has 6 unspecified atom stereocenters. The summed E-state index contributed by atoms with van der Waals surface area (Å²) in [5.74, 6) is -0.705. The van der Waals surface area contributed by atoms with Crippen molar-refractivity contribution in [2.24, 2.45) is 29.1 Å². The minimum atomic E-state index is -0.588. The number of benzene rings is 2. The van der Waals surface area contributed by atoms with Gasteiger partial charge < -0.3 is 42.6 Å². The number of methoxy groups -OCH3 is 1. The lowest BCUT2D eigenvalue weighted by atomic mass is 9.79.